The average molecular weight is 435 g/mol. The van der Waals surface area contributed by atoms with Crippen molar-refractivity contribution in [2.45, 2.75) is 31.7 Å². The van der Waals surface area contributed by atoms with E-state index in [2.05, 4.69) is 9.55 Å². The van der Waals surface area contributed by atoms with E-state index in [0.29, 0.717) is 11.6 Å². The second-order valence-corrected chi connectivity index (χ2v) is 8.44. The molecule has 6 heteroatoms. The lowest BCUT2D eigenvalue weighted by Crippen LogP contribution is -2.11. The fourth-order valence-corrected chi connectivity index (χ4v) is 4.94. The molecule has 4 nitrogen and oxygen atoms in total. The molecule has 2 aromatic carbocycles. The predicted molar refractivity (Wildman–Crippen MR) is 119 cm³/mol. The van der Waals surface area contributed by atoms with Crippen LogP contribution in [0.4, 0.5) is 4.39 Å². The number of carbonyl (C=O) groups is 1. The van der Waals surface area contributed by atoms with E-state index in [1.54, 1.807) is 24.5 Å². The molecular weight excluding hydrogens is 415 g/mol. The number of fused-ring (bicyclic) bond motifs is 3. The van der Waals surface area contributed by atoms with E-state index in [-0.39, 0.29) is 18.2 Å². The molecule has 31 heavy (non-hydrogen) atoms. The first-order chi connectivity index (χ1) is 15.0. The summed E-state index contributed by atoms with van der Waals surface area (Å²) in [5, 5.41) is 11.0. The lowest BCUT2D eigenvalue weighted by atomic mass is 10.0. The standard InChI is InChI=1S/C25H20ClFN2O2/c26-18-6-3-15(4-7-18)14-29-24-16(10-23(30)31)5-8-20(24)22-12-19(27)11-21(25(22)29)17-2-1-9-28-13-17/h1-4,6-7,9,11-13,16H,5,8,10,14H2,(H,30,31)/t16-/m1/s1. The third-order valence-electron chi connectivity index (χ3n) is 6.05. The van der Waals surface area contributed by atoms with E-state index >= 15 is 0 Å². The van der Waals surface area contributed by atoms with Crippen molar-refractivity contribution in [3.8, 4) is 11.1 Å². The number of carboxylic acids is 1. The summed E-state index contributed by atoms with van der Waals surface area (Å²) in [6.45, 7) is 0.554. The van der Waals surface area contributed by atoms with Crippen LogP contribution in [0.1, 0.15) is 35.6 Å². The lowest BCUT2D eigenvalue weighted by molar-refractivity contribution is -0.137. The van der Waals surface area contributed by atoms with Gasteiger partial charge in [0.2, 0.25) is 0 Å². The molecular formula is C25H20ClFN2O2. The zero-order valence-electron chi connectivity index (χ0n) is 16.7. The Labute approximate surface area is 183 Å². The lowest BCUT2D eigenvalue weighted by Gasteiger charge is -2.17. The fraction of sp³-hybridized carbons (Fsp3) is 0.200. The number of aryl methyl sites for hydroxylation is 1. The highest BCUT2D eigenvalue weighted by atomic mass is 35.5. The SMILES string of the molecule is O=C(O)C[C@H]1CCc2c1n(Cc1ccc(Cl)cc1)c1c(-c3cccnc3)cc(F)cc21. The van der Waals surface area contributed by atoms with Gasteiger partial charge in [0.1, 0.15) is 5.82 Å². The minimum atomic E-state index is -0.820. The number of hydrogen-bond acceptors (Lipinski definition) is 2. The largest absolute Gasteiger partial charge is 0.481 e. The van der Waals surface area contributed by atoms with Crippen molar-refractivity contribution >= 4 is 28.5 Å². The molecule has 1 N–H and O–H groups in total. The number of hydrogen-bond donors (Lipinski definition) is 1. The molecule has 0 saturated heterocycles. The number of aliphatic carboxylic acids is 1. The second-order valence-electron chi connectivity index (χ2n) is 8.00. The summed E-state index contributed by atoms with van der Waals surface area (Å²) in [5.41, 5.74) is 5.62. The zero-order valence-corrected chi connectivity index (χ0v) is 17.4. The van der Waals surface area contributed by atoms with Gasteiger partial charge in [-0.1, -0.05) is 29.8 Å². The first-order valence-electron chi connectivity index (χ1n) is 10.2. The van der Waals surface area contributed by atoms with Gasteiger partial charge < -0.3 is 9.67 Å². The van der Waals surface area contributed by atoms with E-state index < -0.39 is 5.97 Å². The first kappa shape index (κ1) is 19.8. The molecule has 156 valence electrons. The maximum Gasteiger partial charge on any atom is 0.304 e. The van der Waals surface area contributed by atoms with E-state index in [4.69, 9.17) is 11.6 Å². The Kier molecular flexibility index (Phi) is 4.98. The van der Waals surface area contributed by atoms with Crippen LogP contribution in [0.3, 0.4) is 0 Å². The Morgan fingerprint density at radius 2 is 2.03 bits per heavy atom. The quantitative estimate of drug-likeness (QED) is 0.416. The van der Waals surface area contributed by atoms with Gasteiger partial charge in [-0.2, -0.15) is 0 Å². The van der Waals surface area contributed by atoms with Gasteiger partial charge in [-0.3, -0.25) is 9.78 Å². The van der Waals surface area contributed by atoms with Gasteiger partial charge in [-0.05, 0) is 54.3 Å². The van der Waals surface area contributed by atoms with Gasteiger partial charge in [0.25, 0.3) is 0 Å². The molecule has 2 aromatic heterocycles. The molecule has 1 aliphatic rings. The summed E-state index contributed by atoms with van der Waals surface area (Å²) in [7, 11) is 0. The van der Waals surface area contributed by atoms with Gasteiger partial charge in [-0.15, -0.1) is 0 Å². The molecule has 0 bridgehead atoms. The average Bonchev–Trinajstić information content (AvgIpc) is 3.29. The van der Waals surface area contributed by atoms with E-state index in [1.807, 2.05) is 36.4 Å². The van der Waals surface area contributed by atoms with Crippen molar-refractivity contribution in [2.75, 3.05) is 0 Å². The van der Waals surface area contributed by atoms with Gasteiger partial charge in [-0.25, -0.2) is 4.39 Å². The number of rotatable bonds is 5. The minimum absolute atomic E-state index is 0.0641. The van der Waals surface area contributed by atoms with Crippen molar-refractivity contribution in [2.24, 2.45) is 0 Å². The summed E-state index contributed by atoms with van der Waals surface area (Å²) in [6, 6.07) is 14.5. The number of pyridine rings is 1. The van der Waals surface area contributed by atoms with Crippen LogP contribution in [0, 0.1) is 5.82 Å². The maximum absolute atomic E-state index is 14.7. The second kappa shape index (κ2) is 7.82. The Morgan fingerprint density at radius 1 is 1.23 bits per heavy atom. The molecule has 1 atom stereocenters. The van der Waals surface area contributed by atoms with Crippen molar-refractivity contribution < 1.29 is 14.3 Å². The normalized spacial score (nSPS) is 15.4. The molecule has 0 fully saturated rings. The van der Waals surface area contributed by atoms with Crippen LogP contribution in [0.25, 0.3) is 22.0 Å². The van der Waals surface area contributed by atoms with Crippen LogP contribution >= 0.6 is 11.6 Å². The number of carboxylic acid groups (broad SMARTS) is 1. The van der Waals surface area contributed by atoms with Crippen molar-refractivity contribution in [3.63, 3.8) is 0 Å². The van der Waals surface area contributed by atoms with E-state index in [1.165, 1.54) is 0 Å². The molecule has 0 aliphatic heterocycles. The summed E-state index contributed by atoms with van der Waals surface area (Å²) in [5.74, 6) is -1.23. The van der Waals surface area contributed by atoms with Crippen LogP contribution < -0.4 is 0 Å². The van der Waals surface area contributed by atoms with E-state index in [9.17, 15) is 14.3 Å². The van der Waals surface area contributed by atoms with Crippen LogP contribution in [0.2, 0.25) is 5.02 Å². The van der Waals surface area contributed by atoms with Gasteiger partial charge >= 0.3 is 5.97 Å². The fourth-order valence-electron chi connectivity index (χ4n) is 4.81. The third-order valence-corrected chi connectivity index (χ3v) is 6.30. The Balaban J connectivity index is 1.78. The summed E-state index contributed by atoms with van der Waals surface area (Å²) in [6.07, 6.45) is 4.98. The summed E-state index contributed by atoms with van der Waals surface area (Å²) >= 11 is 6.06. The zero-order chi connectivity index (χ0) is 21.5. The number of benzene rings is 2. The summed E-state index contributed by atoms with van der Waals surface area (Å²) in [4.78, 5) is 15.8. The smallest absolute Gasteiger partial charge is 0.304 e. The number of aromatic nitrogens is 2. The maximum atomic E-state index is 14.7. The van der Waals surface area contributed by atoms with E-state index in [0.717, 1.165) is 51.7 Å². The highest BCUT2D eigenvalue weighted by Gasteiger charge is 2.32. The molecule has 0 unspecified atom stereocenters. The monoisotopic (exact) mass is 434 g/mol. The highest BCUT2D eigenvalue weighted by molar-refractivity contribution is 6.30. The topological polar surface area (TPSA) is 55.1 Å². The van der Waals surface area contributed by atoms with Gasteiger partial charge in [0.15, 0.2) is 0 Å². The Morgan fingerprint density at radius 3 is 2.74 bits per heavy atom. The molecule has 4 aromatic rings. The first-order valence-corrected chi connectivity index (χ1v) is 10.6. The molecule has 0 spiro atoms. The van der Waals surface area contributed by atoms with Crippen molar-refractivity contribution in [1.82, 2.24) is 9.55 Å². The van der Waals surface area contributed by atoms with Crippen LogP contribution in [-0.2, 0) is 17.8 Å². The van der Waals surface area contributed by atoms with Crippen molar-refractivity contribution in [3.05, 3.63) is 88.6 Å². The molecule has 0 saturated carbocycles. The van der Waals surface area contributed by atoms with Gasteiger partial charge in [0, 0.05) is 52.1 Å². The molecule has 5 rings (SSSR count). The molecule has 2 heterocycles. The van der Waals surface area contributed by atoms with Crippen LogP contribution in [0.5, 0.6) is 0 Å². The van der Waals surface area contributed by atoms with Crippen LogP contribution in [-0.4, -0.2) is 20.6 Å². The Bertz CT molecular complexity index is 1280. The summed E-state index contributed by atoms with van der Waals surface area (Å²) < 4.78 is 16.9. The predicted octanol–water partition coefficient (Wildman–Crippen LogP) is 6.05. The highest BCUT2D eigenvalue weighted by Crippen LogP contribution is 2.45. The molecule has 1 aliphatic carbocycles. The van der Waals surface area contributed by atoms with Crippen molar-refractivity contribution in [1.29, 1.82) is 0 Å². The number of halogens is 2. The minimum Gasteiger partial charge on any atom is -0.481 e. The Hall–Kier alpha value is -3.18. The molecule has 0 amide bonds. The third kappa shape index (κ3) is 3.59. The van der Waals surface area contributed by atoms with Gasteiger partial charge in [0.05, 0.1) is 11.9 Å². The van der Waals surface area contributed by atoms with Crippen LogP contribution in [0.15, 0.2) is 60.9 Å². The molecule has 0 radical (unpaired) electrons. The number of nitrogens with zero attached hydrogens (tertiary/aromatic N) is 2.